The Morgan fingerprint density at radius 1 is 1.00 bits per heavy atom. The van der Waals surface area contributed by atoms with Crippen LogP contribution in [-0.4, -0.2) is 37.6 Å². The molecule has 1 aliphatic carbocycles. The number of nitrogens with zero attached hydrogens (tertiary/aromatic N) is 1. The average molecular weight is 498 g/mol. The van der Waals surface area contributed by atoms with E-state index in [1.807, 2.05) is 50.2 Å². The number of benzene rings is 2. The molecule has 1 heterocycles. The number of rotatable bonds is 7. The van der Waals surface area contributed by atoms with E-state index in [1.54, 1.807) is 6.07 Å². The zero-order valence-electron chi connectivity index (χ0n) is 20.5. The molecule has 4 rings (SSSR count). The first kappa shape index (κ1) is 25.4. The van der Waals surface area contributed by atoms with Crippen molar-refractivity contribution < 1.29 is 18.0 Å². The van der Waals surface area contributed by atoms with Crippen LogP contribution >= 0.6 is 0 Å². The summed E-state index contributed by atoms with van der Waals surface area (Å²) in [6, 6.07) is 13.0. The number of carbonyl (C=O) groups is 2. The Balaban J connectivity index is 1.30. The van der Waals surface area contributed by atoms with Crippen LogP contribution in [0.25, 0.3) is 0 Å². The highest BCUT2D eigenvalue weighted by Gasteiger charge is 2.32. The van der Waals surface area contributed by atoms with Crippen molar-refractivity contribution in [2.24, 2.45) is 11.8 Å². The fourth-order valence-corrected chi connectivity index (χ4v) is 6.28. The number of fused-ring (bicyclic) bond motifs is 1. The highest BCUT2D eigenvalue weighted by Crippen LogP contribution is 2.28. The second-order valence-corrected chi connectivity index (χ2v) is 11.8. The molecule has 0 radical (unpaired) electrons. The minimum Gasteiger partial charge on any atom is -0.352 e. The highest BCUT2D eigenvalue weighted by molar-refractivity contribution is 7.89. The molecular formula is C27H35N3O4S. The van der Waals surface area contributed by atoms with Crippen LogP contribution in [0, 0.1) is 11.8 Å². The van der Waals surface area contributed by atoms with E-state index in [0.29, 0.717) is 43.1 Å². The maximum atomic E-state index is 13.2. The van der Waals surface area contributed by atoms with Crippen LogP contribution in [0.5, 0.6) is 0 Å². The van der Waals surface area contributed by atoms with Gasteiger partial charge in [-0.05, 0) is 79.5 Å². The first-order valence-electron chi connectivity index (χ1n) is 12.5. The average Bonchev–Trinajstić information content (AvgIpc) is 2.87. The molecule has 188 valence electrons. The van der Waals surface area contributed by atoms with Gasteiger partial charge in [-0.3, -0.25) is 9.59 Å². The lowest BCUT2D eigenvalue weighted by atomic mass is 9.92. The van der Waals surface area contributed by atoms with Gasteiger partial charge in [-0.25, -0.2) is 8.42 Å². The van der Waals surface area contributed by atoms with Crippen LogP contribution in [0.2, 0.25) is 0 Å². The molecule has 2 aliphatic rings. The smallest absolute Gasteiger partial charge is 0.243 e. The topological polar surface area (TPSA) is 95.6 Å². The molecular weight excluding hydrogens is 462 g/mol. The summed E-state index contributed by atoms with van der Waals surface area (Å²) in [4.78, 5) is 25.0. The molecule has 2 amide bonds. The summed E-state index contributed by atoms with van der Waals surface area (Å²) < 4.78 is 27.9. The van der Waals surface area contributed by atoms with Gasteiger partial charge in [0.2, 0.25) is 21.8 Å². The Hall–Kier alpha value is -2.71. The van der Waals surface area contributed by atoms with E-state index >= 15 is 0 Å². The fourth-order valence-electron chi connectivity index (χ4n) is 4.76. The SMILES string of the molecule is CC(C)C(=O)Nc1cccc(CNC(=O)C2CCN(S(=O)(=O)c3ccc4c(c3)CCCC4)CC2)c1. The van der Waals surface area contributed by atoms with Crippen molar-refractivity contribution in [2.45, 2.75) is 63.8 Å². The van der Waals surface area contributed by atoms with Gasteiger partial charge in [-0.1, -0.05) is 32.0 Å². The van der Waals surface area contributed by atoms with Crippen LogP contribution in [0.3, 0.4) is 0 Å². The maximum Gasteiger partial charge on any atom is 0.243 e. The molecule has 0 unspecified atom stereocenters. The quantitative estimate of drug-likeness (QED) is 0.607. The van der Waals surface area contributed by atoms with E-state index in [2.05, 4.69) is 10.6 Å². The first-order valence-corrected chi connectivity index (χ1v) is 14.0. The van der Waals surface area contributed by atoms with E-state index in [4.69, 9.17) is 0 Å². The molecule has 7 nitrogen and oxygen atoms in total. The lowest BCUT2D eigenvalue weighted by molar-refractivity contribution is -0.126. The van der Waals surface area contributed by atoms with Crippen molar-refractivity contribution in [3.8, 4) is 0 Å². The second-order valence-electron chi connectivity index (χ2n) is 9.88. The van der Waals surface area contributed by atoms with E-state index in [-0.39, 0.29) is 23.7 Å². The molecule has 2 N–H and O–H groups in total. The summed E-state index contributed by atoms with van der Waals surface area (Å²) in [5, 5.41) is 5.84. The van der Waals surface area contributed by atoms with Gasteiger partial charge >= 0.3 is 0 Å². The number of amides is 2. The molecule has 1 saturated heterocycles. The van der Waals surface area contributed by atoms with Crippen LogP contribution in [0.1, 0.15) is 56.2 Å². The van der Waals surface area contributed by atoms with Crippen LogP contribution in [0.15, 0.2) is 47.4 Å². The maximum absolute atomic E-state index is 13.2. The number of sulfonamides is 1. The lowest BCUT2D eigenvalue weighted by Gasteiger charge is -2.31. The molecule has 1 fully saturated rings. The molecule has 0 saturated carbocycles. The number of anilines is 1. The summed E-state index contributed by atoms with van der Waals surface area (Å²) in [6.07, 6.45) is 5.23. The number of hydrogen-bond donors (Lipinski definition) is 2. The molecule has 35 heavy (non-hydrogen) atoms. The van der Waals surface area contributed by atoms with Crippen molar-refractivity contribution in [1.82, 2.24) is 9.62 Å². The van der Waals surface area contributed by atoms with Crippen LogP contribution in [-0.2, 0) is 39.0 Å². The van der Waals surface area contributed by atoms with Crippen molar-refractivity contribution in [2.75, 3.05) is 18.4 Å². The number of carbonyl (C=O) groups excluding carboxylic acids is 2. The van der Waals surface area contributed by atoms with Crippen molar-refractivity contribution >= 4 is 27.5 Å². The fraction of sp³-hybridized carbons (Fsp3) is 0.481. The number of aryl methyl sites for hydroxylation is 2. The molecule has 0 spiro atoms. The Kier molecular flexibility index (Phi) is 7.91. The summed E-state index contributed by atoms with van der Waals surface area (Å²) in [7, 11) is -3.55. The van der Waals surface area contributed by atoms with Gasteiger partial charge in [0.25, 0.3) is 0 Å². The van der Waals surface area contributed by atoms with E-state index in [0.717, 1.165) is 36.8 Å². The van der Waals surface area contributed by atoms with Crippen molar-refractivity contribution in [3.63, 3.8) is 0 Å². The van der Waals surface area contributed by atoms with Gasteiger partial charge < -0.3 is 10.6 Å². The molecule has 0 aromatic heterocycles. The van der Waals surface area contributed by atoms with Crippen molar-refractivity contribution in [1.29, 1.82) is 0 Å². The summed E-state index contributed by atoms with van der Waals surface area (Å²) >= 11 is 0. The van der Waals surface area contributed by atoms with Gasteiger partial charge in [-0.2, -0.15) is 4.31 Å². The van der Waals surface area contributed by atoms with Crippen LogP contribution < -0.4 is 10.6 Å². The van der Waals surface area contributed by atoms with Gasteiger partial charge in [-0.15, -0.1) is 0 Å². The minimum absolute atomic E-state index is 0.0525. The predicted octanol–water partition coefficient (Wildman–Crippen LogP) is 3.88. The number of piperidine rings is 1. The Morgan fingerprint density at radius 2 is 1.71 bits per heavy atom. The zero-order valence-corrected chi connectivity index (χ0v) is 21.4. The molecule has 0 atom stereocenters. The van der Waals surface area contributed by atoms with E-state index in [1.165, 1.54) is 9.87 Å². The third-order valence-electron chi connectivity index (χ3n) is 6.97. The standard InChI is InChI=1S/C27H35N3O4S/c1-19(2)26(31)29-24-9-5-6-20(16-24)18-28-27(32)22-12-14-30(15-13-22)35(33,34)25-11-10-21-7-3-4-8-23(21)17-25/h5-6,9-11,16-17,19,22H,3-4,7-8,12-15,18H2,1-2H3,(H,28,32)(H,29,31). The Labute approximate surface area is 208 Å². The normalized spacial score (nSPS) is 17.1. The molecule has 2 aromatic carbocycles. The minimum atomic E-state index is -3.55. The van der Waals surface area contributed by atoms with E-state index in [9.17, 15) is 18.0 Å². The Morgan fingerprint density at radius 3 is 2.43 bits per heavy atom. The molecule has 8 heteroatoms. The third kappa shape index (κ3) is 6.11. The van der Waals surface area contributed by atoms with Crippen molar-refractivity contribution in [3.05, 3.63) is 59.2 Å². The summed E-state index contributed by atoms with van der Waals surface area (Å²) in [5.41, 5.74) is 4.02. The first-order chi connectivity index (χ1) is 16.7. The number of hydrogen-bond acceptors (Lipinski definition) is 4. The predicted molar refractivity (Wildman–Crippen MR) is 136 cm³/mol. The summed E-state index contributed by atoms with van der Waals surface area (Å²) in [6.45, 7) is 4.71. The number of nitrogens with one attached hydrogen (secondary N) is 2. The molecule has 0 bridgehead atoms. The van der Waals surface area contributed by atoms with Gasteiger partial charge in [0.15, 0.2) is 0 Å². The summed E-state index contributed by atoms with van der Waals surface area (Å²) in [5.74, 6) is -0.440. The Bertz CT molecular complexity index is 1180. The van der Waals surface area contributed by atoms with Gasteiger partial charge in [0.1, 0.15) is 0 Å². The second kappa shape index (κ2) is 10.9. The zero-order chi connectivity index (χ0) is 25.0. The van der Waals surface area contributed by atoms with Crippen LogP contribution in [0.4, 0.5) is 5.69 Å². The lowest BCUT2D eigenvalue weighted by Crippen LogP contribution is -2.42. The highest BCUT2D eigenvalue weighted by atomic mass is 32.2. The van der Waals surface area contributed by atoms with Gasteiger partial charge in [0, 0.05) is 37.2 Å². The largest absolute Gasteiger partial charge is 0.352 e. The monoisotopic (exact) mass is 497 g/mol. The van der Waals surface area contributed by atoms with Gasteiger partial charge in [0.05, 0.1) is 4.90 Å². The van der Waals surface area contributed by atoms with E-state index < -0.39 is 10.0 Å². The molecule has 2 aromatic rings. The third-order valence-corrected chi connectivity index (χ3v) is 8.86. The molecule has 1 aliphatic heterocycles.